The number of aromatic nitrogens is 1. The number of carbonyl (C=O) groups excluding carboxylic acids is 1. The molecule has 0 saturated carbocycles. The second kappa shape index (κ2) is 13.2. The smallest absolute Gasteiger partial charge is 0.407 e. The molecule has 0 radical (unpaired) electrons. The molecule has 2 aromatic carbocycles. The summed E-state index contributed by atoms with van der Waals surface area (Å²) < 4.78 is 46.0. The molecule has 2 unspecified atom stereocenters. The maximum Gasteiger partial charge on any atom is 0.407 e. The van der Waals surface area contributed by atoms with Gasteiger partial charge >= 0.3 is 6.09 Å². The summed E-state index contributed by atoms with van der Waals surface area (Å²) in [7, 11) is -4.15. The SMILES string of the molecule is CC(=N)c1c(O)[nH]c2ccc(S(=O)(=O)N(CC(C)C)C[C@@H](O)[C@H](Cc3ccccc3)NC(=O)O[C@H]3COC4OCCC43)cc12. The zero-order valence-electron chi connectivity index (χ0n) is 25.0. The number of nitrogens with one attached hydrogen (secondary N) is 3. The highest BCUT2D eigenvalue weighted by Gasteiger charge is 2.44. The molecule has 2 aliphatic heterocycles. The standard InChI is InChI=1S/C31H40N4O8S/c1-18(2)15-35(44(39,40)21-9-10-24-23(14-21)28(19(3)32)29(37)33-24)16-26(36)25(13-20-7-5-4-6-8-20)34-31(38)43-27-17-42-30-22(27)11-12-41-30/h4-10,14,18,22,25-27,30,32-33,36-37H,11-13,15-17H2,1-3H3,(H,34,38)/t22?,25-,26+,27-,30?/m0/s1. The number of aromatic hydroxyl groups is 1. The second-order valence-electron chi connectivity index (χ2n) is 11.9. The van der Waals surface area contributed by atoms with Gasteiger partial charge in [-0.25, -0.2) is 13.2 Å². The Labute approximate surface area is 256 Å². The van der Waals surface area contributed by atoms with E-state index >= 15 is 0 Å². The van der Waals surface area contributed by atoms with Gasteiger partial charge in [-0.2, -0.15) is 4.31 Å². The number of aliphatic hydroxyl groups is 1. The van der Waals surface area contributed by atoms with Crippen LogP contribution in [-0.2, 0) is 30.7 Å². The molecule has 44 heavy (non-hydrogen) atoms. The number of H-pyrrole nitrogens is 1. The highest BCUT2D eigenvalue weighted by atomic mass is 32.2. The molecule has 5 atom stereocenters. The number of rotatable bonds is 12. The van der Waals surface area contributed by atoms with E-state index in [1.807, 2.05) is 44.2 Å². The van der Waals surface area contributed by atoms with Gasteiger partial charge in [-0.3, -0.25) is 0 Å². The van der Waals surface area contributed by atoms with E-state index in [0.717, 1.165) is 12.0 Å². The van der Waals surface area contributed by atoms with E-state index in [2.05, 4.69) is 10.3 Å². The summed E-state index contributed by atoms with van der Waals surface area (Å²) in [5.74, 6) is -0.342. The molecular formula is C31H40N4O8S. The number of fused-ring (bicyclic) bond motifs is 2. The average Bonchev–Trinajstić information content (AvgIpc) is 3.67. The first-order valence-electron chi connectivity index (χ1n) is 14.8. The third kappa shape index (κ3) is 6.92. The zero-order valence-corrected chi connectivity index (χ0v) is 25.8. The van der Waals surface area contributed by atoms with Crippen LogP contribution in [0, 0.1) is 17.2 Å². The van der Waals surface area contributed by atoms with Gasteiger partial charge in [0.25, 0.3) is 0 Å². The number of nitrogens with zero attached hydrogens (tertiary/aromatic N) is 1. The van der Waals surface area contributed by atoms with Crippen LogP contribution in [0.2, 0.25) is 0 Å². The number of benzene rings is 2. The molecule has 5 rings (SSSR count). The van der Waals surface area contributed by atoms with Crippen LogP contribution in [0.25, 0.3) is 10.9 Å². The zero-order chi connectivity index (χ0) is 31.6. The molecule has 2 aliphatic rings. The molecule has 13 heteroatoms. The summed E-state index contributed by atoms with van der Waals surface area (Å²) in [5, 5.41) is 33.0. The van der Waals surface area contributed by atoms with Crippen molar-refractivity contribution in [1.82, 2.24) is 14.6 Å². The van der Waals surface area contributed by atoms with E-state index in [1.54, 1.807) is 6.07 Å². The normalized spacial score (nSPS) is 21.5. The van der Waals surface area contributed by atoms with Gasteiger partial charge in [0.1, 0.15) is 6.10 Å². The third-order valence-corrected chi connectivity index (χ3v) is 9.86. The summed E-state index contributed by atoms with van der Waals surface area (Å²) in [4.78, 5) is 15.8. The van der Waals surface area contributed by atoms with Gasteiger partial charge in [0.05, 0.1) is 41.7 Å². The first-order valence-corrected chi connectivity index (χ1v) is 16.2. The van der Waals surface area contributed by atoms with Crippen molar-refractivity contribution in [2.24, 2.45) is 11.8 Å². The first-order chi connectivity index (χ1) is 20.9. The number of hydrogen-bond acceptors (Lipinski definition) is 9. The lowest BCUT2D eigenvalue weighted by Crippen LogP contribution is -2.51. The number of alkyl carbamates (subject to hydrolysis) is 1. The van der Waals surface area contributed by atoms with Gasteiger partial charge in [-0.05, 0) is 49.4 Å². The predicted molar refractivity (Wildman–Crippen MR) is 163 cm³/mol. The van der Waals surface area contributed by atoms with Crippen molar-refractivity contribution in [3.8, 4) is 5.88 Å². The molecule has 3 aromatic rings. The van der Waals surface area contributed by atoms with E-state index in [1.165, 1.54) is 23.4 Å². The van der Waals surface area contributed by atoms with Crippen LogP contribution in [0.15, 0.2) is 53.4 Å². The van der Waals surface area contributed by atoms with Gasteiger partial charge in [-0.1, -0.05) is 44.2 Å². The molecule has 5 N–H and O–H groups in total. The van der Waals surface area contributed by atoms with Crippen molar-refractivity contribution in [2.45, 2.75) is 63.0 Å². The Hall–Kier alpha value is -3.49. The fraction of sp³-hybridized carbons (Fsp3) is 0.484. The van der Waals surface area contributed by atoms with Crippen LogP contribution in [-0.4, -0.2) is 90.6 Å². The Morgan fingerprint density at radius 1 is 1.18 bits per heavy atom. The number of aromatic amines is 1. The van der Waals surface area contributed by atoms with Gasteiger partial charge in [0, 0.05) is 29.7 Å². The molecule has 0 bridgehead atoms. The van der Waals surface area contributed by atoms with Gasteiger partial charge in [0.15, 0.2) is 12.2 Å². The maximum atomic E-state index is 14.0. The Morgan fingerprint density at radius 3 is 2.64 bits per heavy atom. The number of amides is 1. The monoisotopic (exact) mass is 628 g/mol. The summed E-state index contributed by atoms with van der Waals surface area (Å²) in [6.45, 7) is 5.83. The second-order valence-corrected chi connectivity index (χ2v) is 13.8. The highest BCUT2D eigenvalue weighted by Crippen LogP contribution is 2.33. The minimum atomic E-state index is -4.15. The maximum absolute atomic E-state index is 14.0. The third-order valence-electron chi connectivity index (χ3n) is 8.03. The number of ether oxygens (including phenoxy) is 3. The van der Waals surface area contributed by atoms with E-state index in [0.29, 0.717) is 17.5 Å². The van der Waals surface area contributed by atoms with Crippen LogP contribution >= 0.6 is 0 Å². The first kappa shape index (κ1) is 31.9. The minimum Gasteiger partial charge on any atom is -0.494 e. The molecule has 12 nitrogen and oxygen atoms in total. The van der Waals surface area contributed by atoms with E-state index in [4.69, 9.17) is 19.6 Å². The summed E-state index contributed by atoms with van der Waals surface area (Å²) in [6.07, 6.45) is -1.93. The summed E-state index contributed by atoms with van der Waals surface area (Å²) in [5.41, 5.74) is 1.64. The summed E-state index contributed by atoms with van der Waals surface area (Å²) >= 11 is 0. The Bertz CT molecular complexity index is 1590. The van der Waals surface area contributed by atoms with Crippen LogP contribution in [0.3, 0.4) is 0 Å². The van der Waals surface area contributed by atoms with Crippen molar-refractivity contribution in [2.75, 3.05) is 26.3 Å². The molecule has 3 heterocycles. The molecule has 0 aliphatic carbocycles. The van der Waals surface area contributed by atoms with Crippen LogP contribution < -0.4 is 5.32 Å². The predicted octanol–water partition coefficient (Wildman–Crippen LogP) is 3.37. The van der Waals surface area contributed by atoms with Gasteiger partial charge < -0.3 is 40.1 Å². The quantitative estimate of drug-likeness (QED) is 0.190. The van der Waals surface area contributed by atoms with Gasteiger partial charge in [-0.15, -0.1) is 0 Å². The molecular weight excluding hydrogens is 588 g/mol. The molecule has 2 fully saturated rings. The number of aliphatic hydroxyl groups excluding tert-OH is 1. The molecule has 0 spiro atoms. The van der Waals surface area contributed by atoms with E-state index in [9.17, 15) is 23.4 Å². The molecule has 1 amide bonds. The van der Waals surface area contributed by atoms with Gasteiger partial charge in [0.2, 0.25) is 10.0 Å². The Kier molecular flexibility index (Phi) is 9.61. The van der Waals surface area contributed by atoms with Crippen LogP contribution in [0.5, 0.6) is 5.88 Å². The molecule has 238 valence electrons. The Morgan fingerprint density at radius 2 is 1.93 bits per heavy atom. The summed E-state index contributed by atoms with van der Waals surface area (Å²) in [6, 6.07) is 12.8. The lowest BCUT2D eigenvalue weighted by atomic mass is 10.0. The van der Waals surface area contributed by atoms with Crippen molar-refractivity contribution in [1.29, 1.82) is 5.41 Å². The van der Waals surface area contributed by atoms with Crippen molar-refractivity contribution in [3.63, 3.8) is 0 Å². The lowest BCUT2D eigenvalue weighted by molar-refractivity contribution is -0.0907. The minimum absolute atomic E-state index is 0.0408. The number of hydrogen-bond donors (Lipinski definition) is 5. The van der Waals surface area contributed by atoms with Crippen LogP contribution in [0.1, 0.15) is 38.3 Å². The largest absolute Gasteiger partial charge is 0.494 e. The van der Waals surface area contributed by atoms with Crippen molar-refractivity contribution in [3.05, 3.63) is 59.7 Å². The highest BCUT2D eigenvalue weighted by molar-refractivity contribution is 7.89. The van der Waals surface area contributed by atoms with E-state index in [-0.39, 0.29) is 66.3 Å². The van der Waals surface area contributed by atoms with Crippen LogP contribution in [0.4, 0.5) is 4.79 Å². The lowest BCUT2D eigenvalue weighted by Gasteiger charge is -2.31. The molecule has 1 aromatic heterocycles. The fourth-order valence-electron chi connectivity index (χ4n) is 5.88. The van der Waals surface area contributed by atoms with Crippen molar-refractivity contribution >= 4 is 32.7 Å². The number of sulfonamides is 1. The van der Waals surface area contributed by atoms with Crippen molar-refractivity contribution < 1.29 is 37.6 Å². The fourth-order valence-corrected chi connectivity index (χ4v) is 7.53. The van der Waals surface area contributed by atoms with E-state index < -0.39 is 34.4 Å². The Balaban J connectivity index is 1.38. The average molecular weight is 629 g/mol. The number of carbonyl (C=O) groups is 1. The molecule has 2 saturated heterocycles. The topological polar surface area (TPSA) is 174 Å².